The summed E-state index contributed by atoms with van der Waals surface area (Å²) in [5.74, 6) is 2.05. The van der Waals surface area contributed by atoms with Crippen LogP contribution in [0.15, 0.2) is 47.5 Å². The number of carbonyl (C=O) groups is 1. The molecular weight excluding hydrogens is 491 g/mol. The first-order valence-electron chi connectivity index (χ1n) is 10.1. The Balaban J connectivity index is 0.00000320. The minimum atomic E-state index is 0. The smallest absolute Gasteiger partial charge is 0.224 e. The van der Waals surface area contributed by atoms with Gasteiger partial charge in [-0.1, -0.05) is 36.8 Å². The van der Waals surface area contributed by atoms with Crippen molar-refractivity contribution in [3.05, 3.63) is 59.2 Å². The summed E-state index contributed by atoms with van der Waals surface area (Å²) in [6.07, 6.45) is 1.28. The summed E-state index contributed by atoms with van der Waals surface area (Å²) in [5, 5.41) is 9.54. The van der Waals surface area contributed by atoms with Crippen molar-refractivity contribution in [2.24, 2.45) is 4.99 Å². The molecule has 3 N–H and O–H groups in total. The first-order chi connectivity index (χ1) is 14.0. The van der Waals surface area contributed by atoms with Gasteiger partial charge in [0.2, 0.25) is 5.91 Å². The zero-order chi connectivity index (χ0) is 20.6. The zero-order valence-corrected chi connectivity index (χ0v) is 20.2. The molecule has 7 heteroatoms. The van der Waals surface area contributed by atoms with Crippen LogP contribution in [-0.4, -0.2) is 38.6 Å². The Morgan fingerprint density at radius 1 is 1.20 bits per heavy atom. The van der Waals surface area contributed by atoms with Gasteiger partial charge in [-0.05, 0) is 48.6 Å². The maximum absolute atomic E-state index is 11.4. The molecule has 1 aliphatic rings. The number of rotatable bonds is 7. The Labute approximate surface area is 195 Å². The number of nitrogens with one attached hydrogen (secondary N) is 3. The third-order valence-corrected chi connectivity index (χ3v) is 5.05. The van der Waals surface area contributed by atoms with Crippen LogP contribution >= 0.6 is 24.0 Å². The lowest BCUT2D eigenvalue weighted by atomic mass is 9.99. The van der Waals surface area contributed by atoms with E-state index in [9.17, 15) is 4.79 Å². The number of amides is 1. The predicted octanol–water partition coefficient (Wildman–Crippen LogP) is 3.85. The van der Waals surface area contributed by atoms with Crippen LogP contribution in [0.3, 0.4) is 0 Å². The monoisotopic (exact) mass is 522 g/mol. The second-order valence-corrected chi connectivity index (χ2v) is 7.41. The molecule has 3 rings (SSSR count). The van der Waals surface area contributed by atoms with Gasteiger partial charge in [0.25, 0.3) is 0 Å². The van der Waals surface area contributed by atoms with Crippen molar-refractivity contribution < 1.29 is 9.53 Å². The van der Waals surface area contributed by atoms with Crippen molar-refractivity contribution in [2.75, 3.05) is 32.1 Å². The maximum atomic E-state index is 11.4. The predicted molar refractivity (Wildman–Crippen MR) is 133 cm³/mol. The van der Waals surface area contributed by atoms with Gasteiger partial charge in [-0.15, -0.1) is 24.0 Å². The Morgan fingerprint density at radius 2 is 2.03 bits per heavy atom. The first-order valence-corrected chi connectivity index (χ1v) is 10.1. The Morgan fingerprint density at radius 3 is 2.80 bits per heavy atom. The van der Waals surface area contributed by atoms with Crippen molar-refractivity contribution >= 4 is 41.5 Å². The average Bonchev–Trinajstić information content (AvgIpc) is 2.73. The lowest BCUT2D eigenvalue weighted by molar-refractivity contribution is -0.116. The van der Waals surface area contributed by atoms with E-state index in [1.165, 1.54) is 11.1 Å². The van der Waals surface area contributed by atoms with Gasteiger partial charge in [0, 0.05) is 25.7 Å². The topological polar surface area (TPSA) is 74.8 Å². The van der Waals surface area contributed by atoms with Crippen molar-refractivity contribution in [3.8, 4) is 5.75 Å². The molecule has 1 amide bonds. The molecule has 162 valence electrons. The van der Waals surface area contributed by atoms with Crippen LogP contribution in [0.1, 0.15) is 36.0 Å². The number of hydrogen-bond acceptors (Lipinski definition) is 3. The number of guanidine groups is 1. The molecule has 30 heavy (non-hydrogen) atoms. The average molecular weight is 522 g/mol. The summed E-state index contributed by atoms with van der Waals surface area (Å²) in [6.45, 7) is 6.30. The Kier molecular flexibility index (Phi) is 9.42. The zero-order valence-electron chi connectivity index (χ0n) is 17.8. The molecule has 0 aliphatic carbocycles. The van der Waals surface area contributed by atoms with E-state index in [2.05, 4.69) is 59.1 Å². The van der Waals surface area contributed by atoms with Crippen molar-refractivity contribution in [3.63, 3.8) is 0 Å². The molecule has 0 bridgehead atoms. The van der Waals surface area contributed by atoms with Gasteiger partial charge in [-0.2, -0.15) is 0 Å². The molecule has 1 unspecified atom stereocenters. The summed E-state index contributed by atoms with van der Waals surface area (Å²) < 4.78 is 5.84. The molecule has 6 nitrogen and oxygen atoms in total. The quantitative estimate of drug-likeness (QED) is 0.224. The van der Waals surface area contributed by atoms with Gasteiger partial charge in [-0.25, -0.2) is 0 Å². The molecule has 2 aromatic rings. The van der Waals surface area contributed by atoms with Gasteiger partial charge in [0.15, 0.2) is 5.96 Å². The van der Waals surface area contributed by atoms with Crippen LogP contribution < -0.4 is 20.7 Å². The van der Waals surface area contributed by atoms with Crippen LogP contribution in [0.25, 0.3) is 0 Å². The van der Waals surface area contributed by atoms with E-state index in [0.717, 1.165) is 35.9 Å². The maximum Gasteiger partial charge on any atom is 0.224 e. The number of aliphatic imine (C=N–C) groups is 1. The summed E-state index contributed by atoms with van der Waals surface area (Å²) in [6, 6.07) is 14.4. The Hall–Kier alpha value is -2.29. The Bertz CT molecular complexity index is 885. The van der Waals surface area contributed by atoms with E-state index in [0.29, 0.717) is 25.5 Å². The van der Waals surface area contributed by atoms with Gasteiger partial charge < -0.3 is 20.7 Å². The molecule has 0 fully saturated rings. The fraction of sp³-hybridized carbons (Fsp3) is 0.391. The summed E-state index contributed by atoms with van der Waals surface area (Å²) in [4.78, 5) is 15.7. The molecule has 2 aromatic carbocycles. The highest BCUT2D eigenvalue weighted by molar-refractivity contribution is 14.0. The van der Waals surface area contributed by atoms with Crippen LogP contribution in [0.5, 0.6) is 5.75 Å². The van der Waals surface area contributed by atoms with Gasteiger partial charge in [-0.3, -0.25) is 9.79 Å². The van der Waals surface area contributed by atoms with Crippen molar-refractivity contribution in [1.82, 2.24) is 10.6 Å². The number of aryl methyl sites for hydroxylation is 2. The van der Waals surface area contributed by atoms with Gasteiger partial charge in [0.1, 0.15) is 12.4 Å². The molecule has 0 radical (unpaired) electrons. The van der Waals surface area contributed by atoms with Crippen LogP contribution in [0.4, 0.5) is 5.69 Å². The minimum Gasteiger partial charge on any atom is -0.492 e. The van der Waals surface area contributed by atoms with Gasteiger partial charge >= 0.3 is 0 Å². The fourth-order valence-electron chi connectivity index (χ4n) is 3.35. The third kappa shape index (κ3) is 6.90. The second-order valence-electron chi connectivity index (χ2n) is 7.41. The van der Waals surface area contributed by atoms with Crippen molar-refractivity contribution in [2.45, 2.75) is 32.6 Å². The minimum absolute atomic E-state index is 0. The SMILES string of the molecule is CN=C(NCCOc1ccc2c(c1)CCC(=O)N2)NCC(C)c1cccc(C)c1.I. The number of anilines is 1. The van der Waals surface area contributed by atoms with E-state index < -0.39 is 0 Å². The number of benzene rings is 2. The molecule has 0 spiro atoms. The highest BCUT2D eigenvalue weighted by Gasteiger charge is 2.15. The number of fused-ring (bicyclic) bond motifs is 1. The lowest BCUT2D eigenvalue weighted by Gasteiger charge is -2.18. The fourth-order valence-corrected chi connectivity index (χ4v) is 3.35. The van der Waals surface area contributed by atoms with E-state index in [1.807, 2.05) is 18.2 Å². The standard InChI is InChI=1S/C23H30N4O2.HI/c1-16-5-4-6-18(13-16)17(2)15-26-23(24-3)25-11-12-29-20-8-9-21-19(14-20)7-10-22(28)27-21;/h4-6,8-9,13-14,17H,7,10-12,15H2,1-3H3,(H,27,28)(H2,24,25,26);1H. The molecule has 0 aromatic heterocycles. The number of carbonyl (C=O) groups excluding carboxylic acids is 1. The second kappa shape index (κ2) is 11.8. The van der Waals surface area contributed by atoms with Crippen LogP contribution in [0, 0.1) is 6.92 Å². The third-order valence-electron chi connectivity index (χ3n) is 5.05. The summed E-state index contributed by atoms with van der Waals surface area (Å²) in [5.41, 5.74) is 4.61. The largest absolute Gasteiger partial charge is 0.492 e. The van der Waals surface area contributed by atoms with E-state index in [-0.39, 0.29) is 29.9 Å². The molecule has 1 aliphatic heterocycles. The summed E-state index contributed by atoms with van der Waals surface area (Å²) in [7, 11) is 1.77. The summed E-state index contributed by atoms with van der Waals surface area (Å²) >= 11 is 0. The molecular formula is C23H31IN4O2. The highest BCUT2D eigenvalue weighted by atomic mass is 127. The molecule has 0 saturated carbocycles. The van der Waals surface area contributed by atoms with Crippen LogP contribution in [0.2, 0.25) is 0 Å². The van der Waals surface area contributed by atoms with Crippen LogP contribution in [-0.2, 0) is 11.2 Å². The van der Waals surface area contributed by atoms with E-state index in [4.69, 9.17) is 4.74 Å². The molecule has 0 saturated heterocycles. The number of halogens is 1. The van der Waals surface area contributed by atoms with E-state index >= 15 is 0 Å². The van der Waals surface area contributed by atoms with Crippen molar-refractivity contribution in [1.29, 1.82) is 0 Å². The first kappa shape index (κ1) is 24.0. The normalized spacial score (nSPS) is 14.1. The number of hydrogen-bond donors (Lipinski definition) is 3. The lowest BCUT2D eigenvalue weighted by Crippen LogP contribution is -2.40. The molecule has 1 heterocycles. The van der Waals surface area contributed by atoms with E-state index in [1.54, 1.807) is 7.05 Å². The van der Waals surface area contributed by atoms with Gasteiger partial charge in [0.05, 0.1) is 6.54 Å². The highest BCUT2D eigenvalue weighted by Crippen LogP contribution is 2.26. The molecule has 1 atom stereocenters. The number of nitrogens with zero attached hydrogens (tertiary/aromatic N) is 1. The number of ether oxygens (including phenoxy) is 1.